The average Bonchev–Trinajstić information content (AvgIpc) is 2.46. The molecule has 0 spiro atoms. The Labute approximate surface area is 119 Å². The number of hydrogen-bond donors (Lipinski definition) is 1. The van der Waals surface area contributed by atoms with Crippen molar-refractivity contribution in [1.82, 2.24) is 0 Å². The summed E-state index contributed by atoms with van der Waals surface area (Å²) in [5, 5.41) is 9.59. The third-order valence-electron chi connectivity index (χ3n) is 2.79. The van der Waals surface area contributed by atoms with Crippen molar-refractivity contribution in [2.75, 3.05) is 0 Å². The number of ketones is 1. The monoisotopic (exact) mass is 318 g/mol. The molecule has 3 nitrogen and oxygen atoms in total. The number of carboxylic acids is 1. The van der Waals surface area contributed by atoms with Gasteiger partial charge >= 0.3 is 5.97 Å². The molecule has 4 heteroatoms. The van der Waals surface area contributed by atoms with Crippen LogP contribution in [-0.4, -0.2) is 16.9 Å². The van der Waals surface area contributed by atoms with E-state index in [-0.39, 0.29) is 5.56 Å². The summed E-state index contributed by atoms with van der Waals surface area (Å²) in [5.41, 5.74) is 2.79. The van der Waals surface area contributed by atoms with Crippen LogP contribution in [0.15, 0.2) is 48.5 Å². The Hall–Kier alpha value is -1.94. The topological polar surface area (TPSA) is 54.4 Å². The zero-order valence-corrected chi connectivity index (χ0v) is 11.6. The Morgan fingerprint density at radius 2 is 1.63 bits per heavy atom. The van der Waals surface area contributed by atoms with E-state index in [0.29, 0.717) is 5.56 Å². The molecule has 0 radical (unpaired) electrons. The Balaban J connectivity index is 2.49. The number of hydrogen-bond acceptors (Lipinski definition) is 2. The fourth-order valence-electron chi connectivity index (χ4n) is 1.82. The van der Waals surface area contributed by atoms with Crippen molar-refractivity contribution in [3.63, 3.8) is 0 Å². The lowest BCUT2D eigenvalue weighted by Crippen LogP contribution is -2.13. The first-order chi connectivity index (χ1) is 9.13. The molecule has 0 aliphatic heterocycles. The molecular formula is C15H11BrO3. The van der Waals surface area contributed by atoms with Crippen LogP contribution in [0.4, 0.5) is 0 Å². The first-order valence-corrected chi connectivity index (χ1v) is 6.77. The molecule has 0 aliphatic carbocycles. The zero-order chi connectivity index (χ0) is 13.8. The van der Waals surface area contributed by atoms with E-state index in [9.17, 15) is 9.59 Å². The molecule has 0 aliphatic rings. The lowest BCUT2D eigenvalue weighted by atomic mass is 9.96. The van der Waals surface area contributed by atoms with Crippen molar-refractivity contribution in [1.29, 1.82) is 0 Å². The summed E-state index contributed by atoms with van der Waals surface area (Å²) in [5.74, 6) is -2.33. The van der Waals surface area contributed by atoms with Crippen LogP contribution < -0.4 is 0 Å². The molecule has 0 unspecified atom stereocenters. The number of carboxylic acid groups (broad SMARTS) is 1. The maximum atomic E-state index is 11.7. The zero-order valence-electron chi connectivity index (χ0n) is 9.97. The summed E-state index contributed by atoms with van der Waals surface area (Å²) in [4.78, 5) is 22.5. The highest BCUT2D eigenvalue weighted by Gasteiger charge is 2.18. The van der Waals surface area contributed by atoms with Gasteiger partial charge in [-0.1, -0.05) is 64.5 Å². The summed E-state index contributed by atoms with van der Waals surface area (Å²) < 4.78 is 0. The van der Waals surface area contributed by atoms with Crippen LogP contribution in [0, 0.1) is 0 Å². The lowest BCUT2D eigenvalue weighted by molar-refractivity contribution is -0.131. The maximum Gasteiger partial charge on any atom is 0.377 e. The minimum Gasteiger partial charge on any atom is -0.475 e. The number of carbonyl (C=O) groups excluding carboxylic acids is 1. The van der Waals surface area contributed by atoms with Gasteiger partial charge in [0.1, 0.15) is 0 Å². The van der Waals surface area contributed by atoms with Crippen molar-refractivity contribution in [2.45, 2.75) is 5.33 Å². The van der Waals surface area contributed by atoms with E-state index in [1.807, 2.05) is 24.3 Å². The quantitative estimate of drug-likeness (QED) is 0.533. The van der Waals surface area contributed by atoms with Crippen molar-refractivity contribution >= 4 is 27.7 Å². The number of Topliss-reactive ketones (excluding diaryl/α,β-unsaturated/α-hetero) is 1. The SMILES string of the molecule is O=C(O)C(=O)c1ccccc1-c1ccc(CBr)cc1. The molecule has 0 atom stereocenters. The standard InChI is InChI=1S/C15H11BrO3/c16-9-10-5-7-11(8-6-10)12-3-1-2-4-13(12)14(17)15(18)19/h1-8H,9H2,(H,18,19). The fraction of sp³-hybridized carbons (Fsp3) is 0.0667. The Bertz CT molecular complexity index is 618. The van der Waals surface area contributed by atoms with Crippen LogP contribution in [0.3, 0.4) is 0 Å². The minimum atomic E-state index is -1.44. The smallest absolute Gasteiger partial charge is 0.377 e. The minimum absolute atomic E-state index is 0.210. The van der Waals surface area contributed by atoms with Crippen molar-refractivity contribution in [3.8, 4) is 11.1 Å². The van der Waals surface area contributed by atoms with Gasteiger partial charge in [0, 0.05) is 10.9 Å². The lowest BCUT2D eigenvalue weighted by Gasteiger charge is -2.07. The van der Waals surface area contributed by atoms with Crippen LogP contribution >= 0.6 is 15.9 Å². The van der Waals surface area contributed by atoms with Gasteiger partial charge in [0.15, 0.2) is 0 Å². The molecule has 0 bridgehead atoms. The number of rotatable bonds is 4. The molecule has 96 valence electrons. The molecule has 0 amide bonds. The normalized spacial score (nSPS) is 10.2. The Kier molecular flexibility index (Phi) is 4.12. The van der Waals surface area contributed by atoms with Crippen LogP contribution in [0.25, 0.3) is 11.1 Å². The van der Waals surface area contributed by atoms with E-state index in [1.165, 1.54) is 6.07 Å². The molecule has 0 saturated carbocycles. The number of benzene rings is 2. The predicted octanol–water partition coefficient (Wildman–Crippen LogP) is 3.52. The van der Waals surface area contributed by atoms with Crippen LogP contribution in [-0.2, 0) is 10.1 Å². The highest BCUT2D eigenvalue weighted by Crippen LogP contribution is 2.25. The largest absolute Gasteiger partial charge is 0.475 e. The predicted molar refractivity (Wildman–Crippen MR) is 76.5 cm³/mol. The highest BCUT2D eigenvalue weighted by molar-refractivity contribution is 9.08. The maximum absolute atomic E-state index is 11.7. The molecule has 2 aromatic carbocycles. The first kappa shape index (κ1) is 13.5. The summed E-state index contributed by atoms with van der Waals surface area (Å²) in [6.45, 7) is 0. The molecule has 0 fully saturated rings. The van der Waals surface area contributed by atoms with Crippen LogP contribution in [0.1, 0.15) is 15.9 Å². The molecular weight excluding hydrogens is 308 g/mol. The van der Waals surface area contributed by atoms with Crippen LogP contribution in [0.5, 0.6) is 0 Å². The number of halogens is 1. The van der Waals surface area contributed by atoms with Gasteiger partial charge in [0.05, 0.1) is 0 Å². The first-order valence-electron chi connectivity index (χ1n) is 5.65. The molecule has 1 N–H and O–H groups in total. The molecule has 0 heterocycles. The van der Waals surface area contributed by atoms with Crippen molar-refractivity contribution < 1.29 is 14.7 Å². The summed E-state index contributed by atoms with van der Waals surface area (Å²) in [6, 6.07) is 14.4. The second-order valence-electron chi connectivity index (χ2n) is 4.01. The van der Waals surface area contributed by atoms with Gasteiger partial charge in [-0.25, -0.2) is 4.79 Å². The van der Waals surface area contributed by atoms with E-state index in [2.05, 4.69) is 15.9 Å². The van der Waals surface area contributed by atoms with E-state index in [0.717, 1.165) is 16.5 Å². The molecule has 2 rings (SSSR count). The molecule has 0 aromatic heterocycles. The van der Waals surface area contributed by atoms with Gasteiger partial charge < -0.3 is 5.11 Å². The number of aliphatic carboxylic acids is 1. The molecule has 19 heavy (non-hydrogen) atoms. The van der Waals surface area contributed by atoms with E-state index in [4.69, 9.17) is 5.11 Å². The second kappa shape index (κ2) is 5.80. The Morgan fingerprint density at radius 3 is 2.21 bits per heavy atom. The van der Waals surface area contributed by atoms with Crippen molar-refractivity contribution in [2.24, 2.45) is 0 Å². The third kappa shape index (κ3) is 2.90. The Morgan fingerprint density at radius 1 is 1.00 bits per heavy atom. The summed E-state index contributed by atoms with van der Waals surface area (Å²) >= 11 is 3.36. The highest BCUT2D eigenvalue weighted by atomic mass is 79.9. The van der Waals surface area contributed by atoms with E-state index >= 15 is 0 Å². The summed E-state index contributed by atoms with van der Waals surface area (Å²) in [6.07, 6.45) is 0. The summed E-state index contributed by atoms with van der Waals surface area (Å²) in [7, 11) is 0. The molecule has 0 saturated heterocycles. The number of alkyl halides is 1. The van der Waals surface area contributed by atoms with Gasteiger partial charge in [-0.05, 0) is 16.7 Å². The van der Waals surface area contributed by atoms with Gasteiger partial charge in [0.25, 0.3) is 5.78 Å². The van der Waals surface area contributed by atoms with E-state index < -0.39 is 11.8 Å². The molecule has 2 aromatic rings. The second-order valence-corrected chi connectivity index (χ2v) is 4.57. The van der Waals surface area contributed by atoms with Crippen molar-refractivity contribution in [3.05, 3.63) is 59.7 Å². The fourth-order valence-corrected chi connectivity index (χ4v) is 2.20. The van der Waals surface area contributed by atoms with E-state index in [1.54, 1.807) is 18.2 Å². The average molecular weight is 319 g/mol. The van der Waals surface area contributed by atoms with Crippen LogP contribution in [0.2, 0.25) is 0 Å². The third-order valence-corrected chi connectivity index (χ3v) is 3.43. The van der Waals surface area contributed by atoms with Gasteiger partial charge in [-0.3, -0.25) is 4.79 Å². The van der Waals surface area contributed by atoms with Gasteiger partial charge in [-0.15, -0.1) is 0 Å². The van der Waals surface area contributed by atoms with Gasteiger partial charge in [-0.2, -0.15) is 0 Å². The van der Waals surface area contributed by atoms with Gasteiger partial charge in [0.2, 0.25) is 0 Å². The number of carbonyl (C=O) groups is 2.